The third kappa shape index (κ3) is 3.42. The molecule has 1 fully saturated rings. The molecular formula is C11H10BrCl2NO3S. The van der Waals surface area contributed by atoms with Crippen LogP contribution < -0.4 is 5.32 Å². The molecule has 0 aliphatic carbocycles. The molecule has 1 aliphatic heterocycles. The second-order valence-electron chi connectivity index (χ2n) is 4.27. The fourth-order valence-electron chi connectivity index (χ4n) is 1.86. The van der Waals surface area contributed by atoms with E-state index in [-0.39, 0.29) is 22.1 Å². The Morgan fingerprint density at radius 2 is 2.05 bits per heavy atom. The zero-order valence-electron chi connectivity index (χ0n) is 9.57. The number of benzene rings is 1. The van der Waals surface area contributed by atoms with E-state index in [2.05, 4.69) is 21.2 Å². The van der Waals surface area contributed by atoms with Gasteiger partial charge in [-0.15, -0.1) is 11.6 Å². The third-order valence-electron chi connectivity index (χ3n) is 2.80. The van der Waals surface area contributed by atoms with Crippen LogP contribution in [0.5, 0.6) is 0 Å². The Labute approximate surface area is 129 Å². The van der Waals surface area contributed by atoms with Gasteiger partial charge in [0.25, 0.3) is 5.91 Å². The van der Waals surface area contributed by atoms with Crippen LogP contribution in [0.3, 0.4) is 0 Å². The van der Waals surface area contributed by atoms with Crippen LogP contribution >= 0.6 is 39.1 Å². The van der Waals surface area contributed by atoms with Crippen LogP contribution in [0, 0.1) is 0 Å². The van der Waals surface area contributed by atoms with E-state index in [1.54, 1.807) is 18.2 Å². The van der Waals surface area contributed by atoms with Crippen molar-refractivity contribution in [1.82, 2.24) is 5.32 Å². The monoisotopic (exact) mass is 385 g/mol. The minimum Gasteiger partial charge on any atom is -0.347 e. The number of sulfone groups is 1. The average molecular weight is 387 g/mol. The van der Waals surface area contributed by atoms with Crippen LogP contribution in [-0.2, 0) is 9.84 Å². The van der Waals surface area contributed by atoms with Crippen molar-refractivity contribution in [3.8, 4) is 0 Å². The molecule has 1 heterocycles. The predicted molar refractivity (Wildman–Crippen MR) is 78.7 cm³/mol. The van der Waals surface area contributed by atoms with E-state index in [0.717, 1.165) is 0 Å². The molecule has 1 N–H and O–H groups in total. The number of hydrogen-bond donors (Lipinski definition) is 1. The minimum absolute atomic E-state index is 0.119. The van der Waals surface area contributed by atoms with Gasteiger partial charge in [0.2, 0.25) is 0 Å². The molecule has 2 rings (SSSR count). The molecule has 1 amide bonds. The zero-order chi connectivity index (χ0) is 14.2. The Morgan fingerprint density at radius 1 is 1.37 bits per heavy atom. The summed E-state index contributed by atoms with van der Waals surface area (Å²) >= 11 is 15.2. The van der Waals surface area contributed by atoms with Crippen molar-refractivity contribution in [3.05, 3.63) is 33.3 Å². The molecular weight excluding hydrogens is 377 g/mol. The lowest BCUT2D eigenvalue weighted by molar-refractivity contribution is 0.0941. The number of carbonyl (C=O) groups excluding carboxylic acids is 1. The van der Waals surface area contributed by atoms with Gasteiger partial charge >= 0.3 is 0 Å². The number of nitrogens with one attached hydrogen (secondary N) is 1. The zero-order valence-corrected chi connectivity index (χ0v) is 13.5. The quantitative estimate of drug-likeness (QED) is 0.792. The van der Waals surface area contributed by atoms with Crippen molar-refractivity contribution in [2.24, 2.45) is 0 Å². The highest BCUT2D eigenvalue weighted by Crippen LogP contribution is 2.26. The molecule has 2 unspecified atom stereocenters. The Hall–Kier alpha value is -0.300. The van der Waals surface area contributed by atoms with E-state index in [0.29, 0.717) is 4.47 Å². The molecule has 19 heavy (non-hydrogen) atoms. The second kappa shape index (κ2) is 5.60. The van der Waals surface area contributed by atoms with E-state index >= 15 is 0 Å². The number of rotatable bonds is 2. The normalized spacial score (nSPS) is 25.2. The number of halogens is 3. The van der Waals surface area contributed by atoms with Gasteiger partial charge in [-0.2, -0.15) is 0 Å². The molecule has 8 heteroatoms. The maximum absolute atomic E-state index is 12.1. The summed E-state index contributed by atoms with van der Waals surface area (Å²) in [6.07, 6.45) is 0. The molecule has 1 aromatic rings. The third-order valence-corrected chi connectivity index (χ3v) is 6.47. The summed E-state index contributed by atoms with van der Waals surface area (Å²) in [5, 5.41) is 2.29. The van der Waals surface area contributed by atoms with Gasteiger partial charge in [-0.05, 0) is 28.1 Å². The molecule has 2 atom stereocenters. The van der Waals surface area contributed by atoms with E-state index in [1.807, 2.05) is 0 Å². The summed E-state index contributed by atoms with van der Waals surface area (Å²) in [7, 11) is -3.18. The lowest BCUT2D eigenvalue weighted by Crippen LogP contribution is -2.40. The molecule has 0 aromatic heterocycles. The Kier molecular flexibility index (Phi) is 4.45. The van der Waals surface area contributed by atoms with Crippen LogP contribution in [0.25, 0.3) is 0 Å². The van der Waals surface area contributed by atoms with Gasteiger partial charge in [-0.1, -0.05) is 17.7 Å². The lowest BCUT2D eigenvalue weighted by atomic mass is 10.2. The molecule has 0 bridgehead atoms. The lowest BCUT2D eigenvalue weighted by Gasteiger charge is -2.15. The standard InChI is InChI=1S/C11H10BrCl2NO3S/c12-7-3-1-2-6(10(7)14)11(16)15-9-5-19(17,18)4-8(9)13/h1-3,8-9H,4-5H2,(H,15,16). The molecule has 0 saturated carbocycles. The summed E-state index contributed by atoms with van der Waals surface area (Å²) in [4.78, 5) is 12.1. The van der Waals surface area contributed by atoms with E-state index in [4.69, 9.17) is 23.2 Å². The van der Waals surface area contributed by atoms with Gasteiger partial charge in [0.05, 0.1) is 33.5 Å². The summed E-state index contributed by atoms with van der Waals surface area (Å²) in [5.74, 6) is -0.691. The van der Waals surface area contributed by atoms with Crippen molar-refractivity contribution in [3.63, 3.8) is 0 Å². The van der Waals surface area contributed by atoms with Crippen LogP contribution in [-0.4, -0.2) is 37.2 Å². The van der Waals surface area contributed by atoms with Crippen molar-refractivity contribution in [2.45, 2.75) is 11.4 Å². The second-order valence-corrected chi connectivity index (χ2v) is 8.22. The molecule has 0 radical (unpaired) electrons. The van der Waals surface area contributed by atoms with Crippen LogP contribution in [0.15, 0.2) is 22.7 Å². The van der Waals surface area contributed by atoms with Crippen LogP contribution in [0.1, 0.15) is 10.4 Å². The summed E-state index contributed by atoms with van der Waals surface area (Å²) in [6.45, 7) is 0. The van der Waals surface area contributed by atoms with E-state index < -0.39 is 27.2 Å². The number of hydrogen-bond acceptors (Lipinski definition) is 3. The number of alkyl halides is 1. The topological polar surface area (TPSA) is 63.2 Å². The van der Waals surface area contributed by atoms with E-state index in [1.165, 1.54) is 0 Å². The molecule has 1 aromatic carbocycles. The number of carbonyl (C=O) groups is 1. The van der Waals surface area contributed by atoms with Gasteiger partial charge in [0, 0.05) is 4.47 Å². The smallest absolute Gasteiger partial charge is 0.253 e. The van der Waals surface area contributed by atoms with E-state index in [9.17, 15) is 13.2 Å². The minimum atomic E-state index is -3.18. The molecule has 1 aliphatic rings. The number of amides is 1. The van der Waals surface area contributed by atoms with Gasteiger partial charge in [0.1, 0.15) is 0 Å². The first kappa shape index (κ1) is 15.1. The molecule has 104 valence electrons. The van der Waals surface area contributed by atoms with Crippen LogP contribution in [0.2, 0.25) is 5.02 Å². The molecule has 0 spiro atoms. The van der Waals surface area contributed by atoms with Crippen molar-refractivity contribution in [1.29, 1.82) is 0 Å². The highest BCUT2D eigenvalue weighted by Gasteiger charge is 2.37. The van der Waals surface area contributed by atoms with Crippen molar-refractivity contribution >= 4 is 54.9 Å². The highest BCUT2D eigenvalue weighted by atomic mass is 79.9. The maximum atomic E-state index is 12.1. The van der Waals surface area contributed by atoms with Crippen molar-refractivity contribution < 1.29 is 13.2 Å². The predicted octanol–water partition coefficient (Wildman–Crippen LogP) is 2.24. The first-order valence-electron chi connectivity index (χ1n) is 5.39. The summed E-state index contributed by atoms with van der Waals surface area (Å²) in [5.41, 5.74) is 0.282. The average Bonchev–Trinajstić information content (AvgIpc) is 2.55. The fraction of sp³-hybridized carbons (Fsp3) is 0.364. The summed E-state index contributed by atoms with van der Waals surface area (Å²) < 4.78 is 23.4. The molecule has 4 nitrogen and oxygen atoms in total. The van der Waals surface area contributed by atoms with Gasteiger partial charge in [-0.25, -0.2) is 8.42 Å². The molecule has 1 saturated heterocycles. The summed E-state index contributed by atoms with van der Waals surface area (Å²) in [6, 6.07) is 4.36. The fourth-order valence-corrected chi connectivity index (χ4v) is 4.99. The van der Waals surface area contributed by atoms with Gasteiger partial charge < -0.3 is 5.32 Å². The maximum Gasteiger partial charge on any atom is 0.253 e. The Balaban J connectivity index is 2.16. The Bertz CT molecular complexity index is 620. The van der Waals surface area contributed by atoms with Gasteiger partial charge in [0.15, 0.2) is 9.84 Å². The highest BCUT2D eigenvalue weighted by molar-refractivity contribution is 9.10. The largest absolute Gasteiger partial charge is 0.347 e. The van der Waals surface area contributed by atoms with Gasteiger partial charge in [-0.3, -0.25) is 4.79 Å². The Morgan fingerprint density at radius 3 is 2.63 bits per heavy atom. The SMILES string of the molecule is O=C(NC1CS(=O)(=O)CC1Cl)c1cccc(Br)c1Cl. The van der Waals surface area contributed by atoms with Crippen molar-refractivity contribution in [2.75, 3.05) is 11.5 Å². The van der Waals surface area contributed by atoms with Crippen LogP contribution in [0.4, 0.5) is 0 Å². The first-order chi connectivity index (χ1) is 8.80. The first-order valence-corrected chi connectivity index (χ1v) is 8.82.